The van der Waals surface area contributed by atoms with Crippen molar-refractivity contribution in [3.8, 4) is 11.6 Å². The lowest BCUT2D eigenvalue weighted by molar-refractivity contribution is 0.100. The molecule has 3 aromatic heterocycles. The second kappa shape index (κ2) is 10.0. The maximum absolute atomic E-state index is 14.7. The van der Waals surface area contributed by atoms with Gasteiger partial charge in [-0.15, -0.1) is 4.80 Å². The number of amides is 1. The molecule has 0 aromatic carbocycles. The standard InChI is InChI=1S/C20H26FN9O2/c1-4-14(22)15(5-2)28-19-13(21)9-12(17(23)31)18(29-19)27-11-8-16(20(32-3)24-10-11)30-25-6-7-26-30/h6-10,14-15H,4-5,22H2,1-3H3,(H2,23,31)(H2,27,28,29)/t14-,15+/m0/s1. The van der Waals surface area contributed by atoms with Crippen molar-refractivity contribution in [3.05, 3.63) is 42.1 Å². The Hall–Kier alpha value is -3.80. The van der Waals surface area contributed by atoms with Gasteiger partial charge in [0.1, 0.15) is 11.5 Å². The molecule has 0 unspecified atom stereocenters. The summed E-state index contributed by atoms with van der Waals surface area (Å²) >= 11 is 0. The van der Waals surface area contributed by atoms with E-state index in [-0.39, 0.29) is 35.2 Å². The van der Waals surface area contributed by atoms with Gasteiger partial charge in [-0.05, 0) is 25.0 Å². The third kappa shape index (κ3) is 4.91. The smallest absolute Gasteiger partial charge is 0.252 e. The normalized spacial score (nSPS) is 12.8. The fourth-order valence-corrected chi connectivity index (χ4v) is 3.13. The van der Waals surface area contributed by atoms with Crippen LogP contribution in [0.25, 0.3) is 5.69 Å². The molecule has 6 N–H and O–H groups in total. The van der Waals surface area contributed by atoms with Gasteiger partial charge in [-0.3, -0.25) is 4.79 Å². The molecule has 0 fully saturated rings. The van der Waals surface area contributed by atoms with Gasteiger partial charge in [-0.1, -0.05) is 13.8 Å². The number of aromatic nitrogens is 5. The van der Waals surface area contributed by atoms with Crippen LogP contribution in [0.5, 0.6) is 5.88 Å². The van der Waals surface area contributed by atoms with E-state index in [1.165, 1.54) is 30.5 Å². The van der Waals surface area contributed by atoms with Crippen LogP contribution in [0.2, 0.25) is 0 Å². The fraction of sp³-hybridized carbons (Fsp3) is 0.350. The topological polar surface area (TPSA) is 159 Å². The first-order valence-electron chi connectivity index (χ1n) is 10.1. The van der Waals surface area contributed by atoms with E-state index < -0.39 is 11.7 Å². The van der Waals surface area contributed by atoms with E-state index in [0.717, 1.165) is 6.07 Å². The number of nitrogens with two attached hydrogens (primary N) is 2. The molecular formula is C20H26FN9O2. The molecule has 3 rings (SSSR count). The molecule has 0 saturated carbocycles. The highest BCUT2D eigenvalue weighted by molar-refractivity contribution is 5.98. The average Bonchev–Trinajstić information content (AvgIpc) is 3.33. The third-order valence-electron chi connectivity index (χ3n) is 4.91. The summed E-state index contributed by atoms with van der Waals surface area (Å²) in [5.74, 6) is -1.23. The van der Waals surface area contributed by atoms with Crippen molar-refractivity contribution in [1.82, 2.24) is 25.0 Å². The number of hydrogen-bond acceptors (Lipinski definition) is 9. The zero-order chi connectivity index (χ0) is 23.3. The molecule has 0 radical (unpaired) electrons. The van der Waals surface area contributed by atoms with Gasteiger partial charge >= 0.3 is 0 Å². The minimum atomic E-state index is -0.835. The predicted octanol–water partition coefficient (Wildman–Crippen LogP) is 1.98. The molecule has 0 bridgehead atoms. The van der Waals surface area contributed by atoms with Crippen molar-refractivity contribution >= 4 is 23.2 Å². The summed E-state index contributed by atoms with van der Waals surface area (Å²) in [7, 11) is 1.47. The Kier molecular flexibility index (Phi) is 7.15. The van der Waals surface area contributed by atoms with Crippen LogP contribution < -0.4 is 26.8 Å². The summed E-state index contributed by atoms with van der Waals surface area (Å²) in [5.41, 5.74) is 12.3. The first kappa shape index (κ1) is 22.9. The molecule has 0 aliphatic carbocycles. The van der Waals surface area contributed by atoms with E-state index in [0.29, 0.717) is 24.2 Å². The zero-order valence-corrected chi connectivity index (χ0v) is 18.0. The number of nitrogens with one attached hydrogen (secondary N) is 2. The van der Waals surface area contributed by atoms with Gasteiger partial charge in [0.15, 0.2) is 11.6 Å². The van der Waals surface area contributed by atoms with E-state index in [2.05, 4.69) is 30.8 Å². The second-order valence-corrected chi connectivity index (χ2v) is 7.01. The summed E-state index contributed by atoms with van der Waals surface area (Å²) in [6.07, 6.45) is 5.86. The van der Waals surface area contributed by atoms with E-state index in [9.17, 15) is 9.18 Å². The van der Waals surface area contributed by atoms with Gasteiger partial charge in [0.05, 0.1) is 37.0 Å². The maximum Gasteiger partial charge on any atom is 0.252 e. The van der Waals surface area contributed by atoms with E-state index in [1.807, 2.05) is 13.8 Å². The van der Waals surface area contributed by atoms with Crippen LogP contribution in [0, 0.1) is 5.82 Å². The molecule has 170 valence electrons. The van der Waals surface area contributed by atoms with Gasteiger partial charge in [-0.2, -0.15) is 10.2 Å². The minimum Gasteiger partial charge on any atom is -0.479 e. The highest BCUT2D eigenvalue weighted by Crippen LogP contribution is 2.27. The third-order valence-corrected chi connectivity index (χ3v) is 4.91. The number of rotatable bonds is 10. The second-order valence-electron chi connectivity index (χ2n) is 7.01. The Bertz CT molecular complexity index is 1080. The van der Waals surface area contributed by atoms with Gasteiger partial charge in [0.2, 0.25) is 5.88 Å². The summed E-state index contributed by atoms with van der Waals surface area (Å²) in [5, 5.41) is 14.2. The number of primary amides is 1. The van der Waals surface area contributed by atoms with Crippen LogP contribution >= 0.6 is 0 Å². The highest BCUT2D eigenvalue weighted by Gasteiger charge is 2.21. The molecule has 2 atom stereocenters. The Morgan fingerprint density at radius 2 is 1.94 bits per heavy atom. The van der Waals surface area contributed by atoms with Crippen LogP contribution in [0.1, 0.15) is 37.0 Å². The lowest BCUT2D eigenvalue weighted by Crippen LogP contribution is -2.39. The summed E-state index contributed by atoms with van der Waals surface area (Å²) < 4.78 is 20.0. The molecular weight excluding hydrogens is 417 g/mol. The Balaban J connectivity index is 2.00. The summed E-state index contributed by atoms with van der Waals surface area (Å²) in [6.45, 7) is 3.89. The number of ether oxygens (including phenoxy) is 1. The van der Waals surface area contributed by atoms with Gasteiger partial charge in [-0.25, -0.2) is 14.4 Å². The molecule has 0 aliphatic rings. The number of carbonyl (C=O) groups is 1. The van der Waals surface area contributed by atoms with Gasteiger partial charge in [0, 0.05) is 12.1 Å². The van der Waals surface area contributed by atoms with Crippen molar-refractivity contribution < 1.29 is 13.9 Å². The lowest BCUT2D eigenvalue weighted by Gasteiger charge is -2.24. The van der Waals surface area contributed by atoms with Crippen molar-refractivity contribution in [1.29, 1.82) is 0 Å². The minimum absolute atomic E-state index is 0.0383. The SMILES string of the molecule is CC[C@H](N)[C@@H](CC)Nc1nc(Nc2cnc(OC)c(-n3nccn3)c2)c(C(N)=O)cc1F. The number of hydrogen-bond donors (Lipinski definition) is 4. The average molecular weight is 443 g/mol. The van der Waals surface area contributed by atoms with Crippen LogP contribution in [0.3, 0.4) is 0 Å². The molecule has 0 aliphatic heterocycles. The zero-order valence-electron chi connectivity index (χ0n) is 18.0. The van der Waals surface area contributed by atoms with Crippen molar-refractivity contribution in [3.63, 3.8) is 0 Å². The largest absolute Gasteiger partial charge is 0.479 e. The number of nitrogens with zero attached hydrogens (tertiary/aromatic N) is 5. The number of anilines is 3. The first-order valence-corrected chi connectivity index (χ1v) is 10.1. The van der Waals surface area contributed by atoms with Gasteiger partial charge in [0.25, 0.3) is 5.91 Å². The lowest BCUT2D eigenvalue weighted by atomic mass is 10.0. The van der Waals surface area contributed by atoms with Crippen molar-refractivity contribution in [2.75, 3.05) is 17.7 Å². The van der Waals surface area contributed by atoms with E-state index >= 15 is 0 Å². The monoisotopic (exact) mass is 443 g/mol. The Labute approximate surface area is 184 Å². The molecule has 11 nitrogen and oxygen atoms in total. The predicted molar refractivity (Wildman–Crippen MR) is 118 cm³/mol. The first-order chi connectivity index (χ1) is 15.4. The van der Waals surface area contributed by atoms with E-state index in [4.69, 9.17) is 16.2 Å². The summed E-state index contributed by atoms with van der Waals surface area (Å²) in [4.78, 5) is 21.8. The molecule has 12 heteroatoms. The Morgan fingerprint density at radius 1 is 1.22 bits per heavy atom. The molecule has 3 heterocycles. The van der Waals surface area contributed by atoms with Crippen molar-refractivity contribution in [2.45, 2.75) is 38.8 Å². The quantitative estimate of drug-likeness (QED) is 0.367. The van der Waals surface area contributed by atoms with Crippen LogP contribution in [0.15, 0.2) is 30.7 Å². The molecule has 0 saturated heterocycles. The molecule has 0 spiro atoms. The number of carbonyl (C=O) groups excluding carboxylic acids is 1. The van der Waals surface area contributed by atoms with Crippen LogP contribution in [-0.4, -0.2) is 50.1 Å². The maximum atomic E-state index is 14.7. The molecule has 32 heavy (non-hydrogen) atoms. The Morgan fingerprint density at radius 3 is 2.53 bits per heavy atom. The molecule has 1 amide bonds. The number of pyridine rings is 2. The van der Waals surface area contributed by atoms with Crippen LogP contribution in [0.4, 0.5) is 21.7 Å². The highest BCUT2D eigenvalue weighted by atomic mass is 19.1. The van der Waals surface area contributed by atoms with Gasteiger partial charge < -0.3 is 26.8 Å². The summed E-state index contributed by atoms with van der Waals surface area (Å²) in [6, 6.07) is 2.30. The fourth-order valence-electron chi connectivity index (χ4n) is 3.13. The number of halogens is 1. The van der Waals surface area contributed by atoms with E-state index in [1.54, 1.807) is 6.07 Å². The van der Waals surface area contributed by atoms with Crippen molar-refractivity contribution in [2.24, 2.45) is 11.5 Å². The molecule has 3 aromatic rings. The van der Waals surface area contributed by atoms with Crippen LogP contribution in [-0.2, 0) is 0 Å². The number of methoxy groups -OCH3 is 1.